The summed E-state index contributed by atoms with van der Waals surface area (Å²) in [7, 11) is -5.17. The molecule has 2 aromatic rings. The first-order valence-corrected chi connectivity index (χ1v) is 12.6. The molecule has 164 valence electrons. The molecule has 1 atom stereocenters. The van der Waals surface area contributed by atoms with E-state index in [1.165, 1.54) is 0 Å². The van der Waals surface area contributed by atoms with Crippen molar-refractivity contribution in [2.45, 2.75) is 41.5 Å². The molecule has 29 heavy (non-hydrogen) atoms. The normalized spacial score (nSPS) is 11.0. The lowest BCUT2D eigenvalue weighted by Gasteiger charge is -2.11. The lowest BCUT2D eigenvalue weighted by Crippen LogP contribution is -1.98. The highest BCUT2D eigenvalue weighted by Crippen LogP contribution is 2.54. The Balaban J connectivity index is 0.000000498. The Kier molecular flexibility index (Phi) is 14.5. The highest BCUT2D eigenvalue weighted by atomic mass is 31.2. The van der Waals surface area contributed by atoms with Gasteiger partial charge in [-0.05, 0) is 32.3 Å². The zero-order valence-electron chi connectivity index (χ0n) is 17.9. The molecule has 0 radical (unpaired) electrons. The van der Waals surface area contributed by atoms with Gasteiger partial charge in [0.15, 0.2) is 11.5 Å². The molecule has 0 bridgehead atoms. The van der Waals surface area contributed by atoms with E-state index >= 15 is 0 Å². The molecule has 0 saturated carbocycles. The predicted molar refractivity (Wildman–Crippen MR) is 114 cm³/mol. The van der Waals surface area contributed by atoms with Gasteiger partial charge in [-0.2, -0.15) is 0 Å². The summed E-state index contributed by atoms with van der Waals surface area (Å²) < 4.78 is 47.3. The molecule has 0 saturated heterocycles. The van der Waals surface area contributed by atoms with Crippen LogP contribution in [0.25, 0.3) is 11.3 Å². The topological polar surface area (TPSA) is 105 Å². The van der Waals surface area contributed by atoms with Gasteiger partial charge in [-0.3, -0.25) is 4.57 Å². The summed E-state index contributed by atoms with van der Waals surface area (Å²) in [4.78, 5) is 10.8. The highest BCUT2D eigenvalue weighted by Gasteiger charge is 2.36. The van der Waals surface area contributed by atoms with Crippen molar-refractivity contribution in [3.8, 4) is 11.3 Å². The van der Waals surface area contributed by atoms with Crippen LogP contribution in [0.2, 0.25) is 0 Å². The third kappa shape index (κ3) is 10.7. The minimum absolute atomic E-state index is 0.169. The largest absolute Gasteiger partial charge is 0.521 e. The van der Waals surface area contributed by atoms with Gasteiger partial charge in [-0.15, -0.1) is 4.52 Å². The lowest BCUT2D eigenvalue weighted by molar-refractivity contribution is 0.222. The molecule has 1 heterocycles. The van der Waals surface area contributed by atoms with Gasteiger partial charge in [0.2, 0.25) is 0 Å². The van der Waals surface area contributed by atoms with Crippen LogP contribution in [0.3, 0.4) is 0 Å². The molecule has 1 unspecified atom stereocenters. The van der Waals surface area contributed by atoms with Crippen LogP contribution >= 0.6 is 15.6 Å². The molecule has 0 aliphatic heterocycles. The van der Waals surface area contributed by atoms with E-state index in [4.69, 9.17) is 22.4 Å². The minimum atomic E-state index is -3.21. The van der Waals surface area contributed by atoms with E-state index in [-0.39, 0.29) is 19.1 Å². The van der Waals surface area contributed by atoms with E-state index in [1.54, 1.807) is 27.7 Å². The zero-order chi connectivity index (χ0) is 22.3. The van der Waals surface area contributed by atoms with E-state index < -0.39 is 21.4 Å². The molecule has 1 aromatic carbocycles. The molecule has 0 aliphatic rings. The van der Waals surface area contributed by atoms with Crippen LogP contribution in [-0.2, 0) is 22.7 Å². The van der Waals surface area contributed by atoms with Crippen LogP contribution in [0, 0.1) is 6.92 Å². The molecular formula is C19H31O8P2+. The van der Waals surface area contributed by atoms with Crippen molar-refractivity contribution in [1.82, 2.24) is 0 Å². The summed E-state index contributed by atoms with van der Waals surface area (Å²) in [6.07, 6.45) is 0. The highest BCUT2D eigenvalue weighted by molar-refractivity contribution is 7.65. The summed E-state index contributed by atoms with van der Waals surface area (Å²) in [6, 6.07) is 9.38. The molecular weight excluding hydrogens is 418 g/mol. The van der Waals surface area contributed by atoms with Gasteiger partial charge < -0.3 is 17.9 Å². The van der Waals surface area contributed by atoms with Gasteiger partial charge in [-0.1, -0.05) is 44.2 Å². The molecule has 1 aromatic heterocycles. The maximum Gasteiger partial charge on any atom is 0.521 e. The maximum absolute atomic E-state index is 11.8. The average Bonchev–Trinajstić information content (AvgIpc) is 3.03. The Bertz CT molecular complexity index is 788. The van der Waals surface area contributed by atoms with E-state index in [2.05, 4.69) is 0 Å². The van der Waals surface area contributed by atoms with Crippen molar-refractivity contribution in [2.75, 3.05) is 25.7 Å². The van der Waals surface area contributed by atoms with E-state index in [1.807, 2.05) is 44.2 Å². The van der Waals surface area contributed by atoms with Crippen LogP contribution in [0.4, 0.5) is 0 Å². The van der Waals surface area contributed by atoms with Crippen LogP contribution in [0.15, 0.2) is 44.0 Å². The summed E-state index contributed by atoms with van der Waals surface area (Å²) in [6.45, 7) is 11.7. The summed E-state index contributed by atoms with van der Waals surface area (Å²) in [5.74, 6) is 0.191. The first-order valence-electron chi connectivity index (χ1n) is 9.46. The van der Waals surface area contributed by atoms with Crippen LogP contribution < -0.4 is 5.82 Å². The summed E-state index contributed by atoms with van der Waals surface area (Å²) >= 11 is 0. The van der Waals surface area contributed by atoms with Crippen LogP contribution in [-0.4, -0.2) is 25.7 Å². The van der Waals surface area contributed by atoms with Gasteiger partial charge in [0.25, 0.3) is 5.90 Å². The van der Waals surface area contributed by atoms with Crippen LogP contribution in [0.1, 0.15) is 40.4 Å². The monoisotopic (exact) mass is 449 g/mol. The van der Waals surface area contributed by atoms with Crippen molar-refractivity contribution in [3.63, 3.8) is 0 Å². The molecule has 10 heteroatoms. The molecule has 0 aliphatic carbocycles. The average molecular weight is 449 g/mol. The number of rotatable bonds is 9. The lowest BCUT2D eigenvalue weighted by atomic mass is 10.1. The number of hydrogen-bond donors (Lipinski definition) is 0. The molecule has 0 fully saturated rings. The summed E-state index contributed by atoms with van der Waals surface area (Å²) in [5, 5.41) is 0. The SMILES string of the molecule is CC.CCO[P+](=O)CP(=O)(OCC)OCC.Cc1oc(=O)oc1-c1ccccc1. The Morgan fingerprint density at radius 2 is 1.52 bits per heavy atom. The minimum Gasteiger partial charge on any atom is -0.396 e. The second-order valence-corrected chi connectivity index (χ2v) is 8.84. The molecule has 8 nitrogen and oxygen atoms in total. The molecule has 2 rings (SSSR count). The van der Waals surface area contributed by atoms with E-state index in [0.717, 1.165) is 5.56 Å². The second-order valence-electron chi connectivity index (χ2n) is 5.04. The second kappa shape index (κ2) is 15.3. The smallest absolute Gasteiger partial charge is 0.396 e. The van der Waals surface area contributed by atoms with Crippen molar-refractivity contribution in [1.29, 1.82) is 0 Å². The van der Waals surface area contributed by atoms with E-state index in [0.29, 0.717) is 18.1 Å². The number of benzene rings is 1. The van der Waals surface area contributed by atoms with E-state index in [9.17, 15) is 13.9 Å². The Morgan fingerprint density at radius 1 is 0.966 bits per heavy atom. The predicted octanol–water partition coefficient (Wildman–Crippen LogP) is 6.22. The standard InChI is InChI=1S/C10H8O3.C7H17O5P2.C2H6/c1-7-9(13-10(11)12-7)8-5-3-2-4-6-8;1-4-10-13(8)7-14(9,11-5-2)12-6-3;1-2/h2-6H,1H3;4-7H2,1-3H3;1-2H3/q;+1;. The third-order valence-electron chi connectivity index (χ3n) is 2.99. The van der Waals surface area contributed by atoms with Gasteiger partial charge in [0.05, 0.1) is 19.8 Å². The fourth-order valence-electron chi connectivity index (χ4n) is 2.04. The van der Waals surface area contributed by atoms with Gasteiger partial charge in [-0.25, -0.2) is 4.79 Å². The third-order valence-corrected chi connectivity index (χ3v) is 7.15. The zero-order valence-corrected chi connectivity index (χ0v) is 19.7. The van der Waals surface area contributed by atoms with Gasteiger partial charge in [0, 0.05) is 5.56 Å². The van der Waals surface area contributed by atoms with Gasteiger partial charge in [0.1, 0.15) is 0 Å². The van der Waals surface area contributed by atoms with Crippen molar-refractivity contribution < 1.29 is 31.5 Å². The Labute approximate surface area is 173 Å². The number of aryl methyl sites for hydroxylation is 1. The molecule has 0 spiro atoms. The number of hydrogen-bond acceptors (Lipinski definition) is 8. The molecule has 0 amide bonds. The fourth-order valence-corrected chi connectivity index (χ4v) is 5.30. The van der Waals surface area contributed by atoms with Crippen molar-refractivity contribution >= 4 is 15.6 Å². The van der Waals surface area contributed by atoms with Crippen molar-refractivity contribution in [3.05, 3.63) is 46.7 Å². The van der Waals surface area contributed by atoms with Gasteiger partial charge >= 0.3 is 21.4 Å². The Hall–Kier alpha value is -1.56. The quantitative estimate of drug-likeness (QED) is 0.415. The first-order chi connectivity index (χ1) is 13.8. The molecule has 0 N–H and O–H groups in total. The Morgan fingerprint density at radius 3 is 1.93 bits per heavy atom. The van der Waals surface area contributed by atoms with Crippen LogP contribution in [0.5, 0.6) is 0 Å². The first kappa shape index (κ1) is 27.4. The maximum atomic E-state index is 11.8. The fraction of sp³-hybridized carbons (Fsp3) is 0.526. The summed E-state index contributed by atoms with van der Waals surface area (Å²) in [5.41, 5.74) is 0.853. The van der Waals surface area contributed by atoms with Crippen molar-refractivity contribution in [2.24, 2.45) is 0 Å².